The average Bonchev–Trinajstić information content (AvgIpc) is 1.33. The zero-order chi connectivity index (χ0) is 6.28. The average molecular weight is 124 g/mol. The summed E-state index contributed by atoms with van der Waals surface area (Å²) < 4.78 is 25.3. The first-order valence-electron chi connectivity index (χ1n) is 0.908. The van der Waals surface area contributed by atoms with E-state index in [9.17, 15) is 0 Å². The van der Waals surface area contributed by atoms with E-state index >= 15 is 0 Å². The van der Waals surface area contributed by atoms with E-state index < -0.39 is 10.6 Å². The van der Waals surface area contributed by atoms with E-state index in [1.54, 1.807) is 0 Å². The molecule has 0 N–H and O–H groups in total. The first-order valence-corrected chi connectivity index (χ1v) is 1.91. The third kappa shape index (κ3) is 45.0. The predicted octanol–water partition coefficient (Wildman–Crippen LogP) is -1.59. The molecule has 0 bridgehead atoms. The lowest BCUT2D eigenvalue weighted by molar-refractivity contribution is -0.191. The second kappa shape index (κ2) is 8.89. The Kier molecular flexibility index (Phi) is 11.9. The van der Waals surface area contributed by atoms with Gasteiger partial charge in [0.2, 0.25) is 0 Å². The summed E-state index contributed by atoms with van der Waals surface area (Å²) in [5.41, 5.74) is 0. The van der Waals surface area contributed by atoms with Crippen molar-refractivity contribution in [2.24, 2.45) is 0 Å². The van der Waals surface area contributed by atoms with Gasteiger partial charge in [-0.2, -0.15) is 9.59 Å². The molecule has 0 amide bonds. The highest BCUT2D eigenvalue weighted by atomic mass is 32.2. The maximum atomic E-state index is 8.44. The van der Waals surface area contributed by atoms with Crippen LogP contribution in [0.2, 0.25) is 0 Å². The van der Waals surface area contributed by atoms with Gasteiger partial charge in [0.15, 0.2) is 0 Å². The Morgan fingerprint density at radius 1 is 1.00 bits per heavy atom. The van der Waals surface area contributed by atoms with Crippen molar-refractivity contribution in [2.45, 2.75) is 0 Å². The molecule has 40 valence electrons. The van der Waals surface area contributed by atoms with Crippen LogP contribution in [-0.4, -0.2) is 18.8 Å². The zero-order valence-corrected chi connectivity index (χ0v) is 3.77. The minimum atomic E-state index is -3.11. The number of carbonyl (C=O) groups excluding carboxylic acids is 2. The van der Waals surface area contributed by atoms with Gasteiger partial charge in [-0.05, 0) is 0 Å². The van der Waals surface area contributed by atoms with Gasteiger partial charge in [-0.3, -0.25) is 0 Å². The minimum absolute atomic E-state index is 0.250. The molecule has 0 aromatic carbocycles. The second-order valence-corrected chi connectivity index (χ2v) is 0.696. The van der Waals surface area contributed by atoms with Gasteiger partial charge in [0.05, 0.1) is 0 Å². The summed E-state index contributed by atoms with van der Waals surface area (Å²) in [6, 6.07) is 0. The fourth-order valence-corrected chi connectivity index (χ4v) is 0. The summed E-state index contributed by atoms with van der Waals surface area (Å²) in [5.74, 6) is 0. The molecule has 0 radical (unpaired) electrons. The highest BCUT2D eigenvalue weighted by molar-refractivity contribution is 7.59. The molecule has 0 rings (SSSR count). The molecule has 0 saturated heterocycles. The Labute approximate surface area is 40.0 Å². The van der Waals surface area contributed by atoms with Crippen LogP contribution in [0.25, 0.3) is 0 Å². The van der Waals surface area contributed by atoms with Crippen LogP contribution in [0.5, 0.6) is 0 Å². The third-order valence-corrected chi connectivity index (χ3v) is 0. The van der Waals surface area contributed by atoms with Gasteiger partial charge in [0.25, 0.3) is 0 Å². The molecule has 0 aromatic heterocycles. The molecule has 0 heterocycles. The van der Waals surface area contributed by atoms with E-state index in [-0.39, 0.29) is 6.15 Å². The smallest absolute Gasteiger partial charge is 0.186 e. The number of hydrogen-bond donors (Lipinski definition) is 0. The van der Waals surface area contributed by atoms with Gasteiger partial charge in [-0.15, -0.1) is 12.6 Å². The van der Waals surface area contributed by atoms with E-state index in [4.69, 9.17) is 22.2 Å². The molecule has 5 nitrogen and oxygen atoms in total. The highest BCUT2D eigenvalue weighted by Gasteiger charge is 1.40. The lowest BCUT2D eigenvalue weighted by Crippen LogP contribution is -1.40. The lowest BCUT2D eigenvalue weighted by Gasteiger charge is -1.11. The number of hydrogen-bond acceptors (Lipinski definition) is 5. The van der Waals surface area contributed by atoms with Crippen molar-refractivity contribution in [3.8, 4) is 0 Å². The Hall–Kier alpha value is -1.00. The van der Waals surface area contributed by atoms with Crippen molar-refractivity contribution in [3.63, 3.8) is 0 Å². The second-order valence-electron chi connectivity index (χ2n) is 0.287. The van der Waals surface area contributed by atoms with Crippen molar-refractivity contribution < 1.29 is 22.2 Å². The molecule has 0 unspecified atom stereocenters. The molecule has 0 atom stereocenters. The van der Waals surface area contributed by atoms with Crippen molar-refractivity contribution >= 4 is 16.8 Å². The molecule has 0 aliphatic heterocycles. The van der Waals surface area contributed by atoms with E-state index in [0.717, 1.165) is 0 Å². The maximum Gasteiger partial charge on any atom is 0.425 e. The van der Waals surface area contributed by atoms with Gasteiger partial charge in [-0.1, -0.05) is 0 Å². The Morgan fingerprint density at radius 3 is 1.00 bits per heavy atom. The van der Waals surface area contributed by atoms with E-state index in [0.29, 0.717) is 0 Å². The largest absolute Gasteiger partial charge is 0.425 e. The molecular weight excluding hydrogens is 124 g/mol. The van der Waals surface area contributed by atoms with Crippen LogP contribution in [0.4, 0.5) is 0 Å². The van der Waals surface area contributed by atoms with Crippen molar-refractivity contribution in [2.75, 3.05) is 0 Å². The topological polar surface area (TPSA) is 85.3 Å². The van der Waals surface area contributed by atoms with E-state index in [1.165, 1.54) is 0 Å². The van der Waals surface area contributed by atoms with Gasteiger partial charge < -0.3 is 0 Å². The fourth-order valence-electron chi connectivity index (χ4n) is 0. The molecule has 0 saturated carbocycles. The van der Waals surface area contributed by atoms with Gasteiger partial charge >= 0.3 is 16.8 Å². The summed E-state index contributed by atoms with van der Waals surface area (Å²) in [6.45, 7) is 0. The molecule has 7 heavy (non-hydrogen) atoms. The summed E-state index contributed by atoms with van der Waals surface area (Å²) >= 11 is 0. The van der Waals surface area contributed by atoms with Crippen LogP contribution in [-0.2, 0) is 20.2 Å². The Morgan fingerprint density at radius 2 is 1.00 bits per heavy atom. The lowest BCUT2D eigenvalue weighted by atomic mass is 11.8. The van der Waals surface area contributed by atoms with Crippen LogP contribution in [0, 0.1) is 0 Å². The van der Waals surface area contributed by atoms with E-state index in [1.807, 2.05) is 0 Å². The van der Waals surface area contributed by atoms with Gasteiger partial charge in [0.1, 0.15) is 0 Å². The molecule has 0 spiro atoms. The molecular formula is CO5S. The van der Waals surface area contributed by atoms with Gasteiger partial charge in [0, 0.05) is 0 Å². The van der Waals surface area contributed by atoms with Crippen LogP contribution >= 0.6 is 0 Å². The van der Waals surface area contributed by atoms with Gasteiger partial charge in [-0.25, -0.2) is 0 Å². The summed E-state index contributed by atoms with van der Waals surface area (Å²) in [7, 11) is -3.11. The minimum Gasteiger partial charge on any atom is -0.186 e. The standard InChI is InChI=1S/CO2.O3S/c2-1-3;1-4(2)3. The normalized spacial score (nSPS) is 4.57. The Bertz CT molecular complexity index is 135. The van der Waals surface area contributed by atoms with E-state index in [2.05, 4.69) is 0 Å². The third-order valence-electron chi connectivity index (χ3n) is 0. The quantitative estimate of drug-likeness (QED) is 0.388. The number of rotatable bonds is 0. The van der Waals surface area contributed by atoms with Crippen LogP contribution in [0.15, 0.2) is 0 Å². The molecule has 0 aromatic rings. The maximum absolute atomic E-state index is 8.44. The first-order chi connectivity index (χ1) is 3.15. The molecule has 0 aliphatic rings. The molecule has 0 fully saturated rings. The Balaban J connectivity index is 0. The molecule has 0 aliphatic carbocycles. The van der Waals surface area contributed by atoms with Crippen LogP contribution in [0.1, 0.15) is 0 Å². The summed E-state index contributed by atoms with van der Waals surface area (Å²) in [5, 5.41) is 0. The fraction of sp³-hybridized carbons (Fsp3) is 0. The van der Waals surface area contributed by atoms with Crippen molar-refractivity contribution in [3.05, 3.63) is 0 Å². The monoisotopic (exact) mass is 124 g/mol. The first kappa shape index (κ1) is 9.38. The molecule has 6 heteroatoms. The summed E-state index contributed by atoms with van der Waals surface area (Å²) in [6.07, 6.45) is 0.250. The van der Waals surface area contributed by atoms with Crippen LogP contribution < -0.4 is 0 Å². The SMILES string of the molecule is O=C=O.O=S(=O)=O. The zero-order valence-electron chi connectivity index (χ0n) is 2.95. The van der Waals surface area contributed by atoms with Crippen LogP contribution in [0.3, 0.4) is 0 Å². The van der Waals surface area contributed by atoms with Crippen molar-refractivity contribution in [1.29, 1.82) is 0 Å². The summed E-state index contributed by atoms with van der Waals surface area (Å²) in [4.78, 5) is 16.2. The van der Waals surface area contributed by atoms with Crippen molar-refractivity contribution in [1.82, 2.24) is 0 Å². The highest BCUT2D eigenvalue weighted by Crippen LogP contribution is 1.07. The predicted molar refractivity (Wildman–Crippen MR) is 14.7 cm³/mol.